The van der Waals surface area contributed by atoms with E-state index in [1.54, 1.807) is 23.1 Å². The number of methoxy groups -OCH3 is 1. The van der Waals surface area contributed by atoms with Crippen molar-refractivity contribution in [3.8, 4) is 0 Å². The van der Waals surface area contributed by atoms with Crippen LogP contribution in [0.4, 0.5) is 4.79 Å². The van der Waals surface area contributed by atoms with E-state index in [1.807, 2.05) is 24.3 Å². The number of nitrogens with one attached hydrogen (secondary N) is 2. The zero-order chi connectivity index (χ0) is 20.5. The van der Waals surface area contributed by atoms with Gasteiger partial charge in [0.1, 0.15) is 5.92 Å². The lowest BCUT2D eigenvalue weighted by molar-refractivity contribution is -0.143. The Morgan fingerprint density at radius 3 is 2.62 bits per heavy atom. The van der Waals surface area contributed by atoms with Gasteiger partial charge in [0.2, 0.25) is 0 Å². The predicted octanol–water partition coefficient (Wildman–Crippen LogP) is 4.46. The number of esters is 1. The maximum Gasteiger partial charge on any atom is 0.318 e. The van der Waals surface area contributed by atoms with E-state index in [-0.39, 0.29) is 18.5 Å². The molecule has 0 bridgehead atoms. The number of aromatic nitrogens is 1. The van der Waals surface area contributed by atoms with Crippen LogP contribution in [0.5, 0.6) is 0 Å². The number of halogens is 2. The minimum absolute atomic E-state index is 0.228. The Morgan fingerprint density at radius 2 is 1.90 bits per heavy atom. The molecule has 2 aromatic carbocycles. The van der Waals surface area contributed by atoms with Gasteiger partial charge < -0.3 is 19.9 Å². The molecule has 150 valence electrons. The number of fused-ring (bicyclic) bond motifs is 3. The fraction of sp³-hybridized carbons (Fsp3) is 0.238. The lowest BCUT2D eigenvalue weighted by Crippen LogP contribution is -2.45. The van der Waals surface area contributed by atoms with Gasteiger partial charge in [-0.3, -0.25) is 4.79 Å². The first-order chi connectivity index (χ1) is 14.0. The van der Waals surface area contributed by atoms with Gasteiger partial charge in [-0.15, -0.1) is 0 Å². The van der Waals surface area contributed by atoms with E-state index in [9.17, 15) is 9.59 Å². The summed E-state index contributed by atoms with van der Waals surface area (Å²) in [6.07, 6.45) is 0. The number of H-pyrrole nitrogens is 1. The number of hydrogen-bond donors (Lipinski definition) is 2. The average molecular weight is 432 g/mol. The maximum atomic E-state index is 12.8. The Hall–Kier alpha value is -2.70. The van der Waals surface area contributed by atoms with E-state index < -0.39 is 5.92 Å². The number of aromatic amines is 1. The van der Waals surface area contributed by atoms with Crippen LogP contribution in [0.25, 0.3) is 10.9 Å². The lowest BCUT2D eigenvalue weighted by atomic mass is 9.92. The molecule has 6 nitrogen and oxygen atoms in total. The lowest BCUT2D eigenvalue weighted by Gasteiger charge is -2.31. The summed E-state index contributed by atoms with van der Waals surface area (Å²) in [5.41, 5.74) is 3.46. The minimum atomic E-state index is -0.586. The Bertz CT molecular complexity index is 1080. The molecule has 0 aliphatic carbocycles. The monoisotopic (exact) mass is 431 g/mol. The summed E-state index contributed by atoms with van der Waals surface area (Å²) in [6.45, 7) is 0.956. The summed E-state index contributed by atoms with van der Waals surface area (Å²) >= 11 is 12.1. The Labute approximate surface area is 177 Å². The van der Waals surface area contributed by atoms with E-state index in [1.165, 1.54) is 7.11 Å². The molecule has 4 rings (SSSR count). The van der Waals surface area contributed by atoms with E-state index in [0.29, 0.717) is 23.1 Å². The fourth-order valence-electron chi connectivity index (χ4n) is 3.71. The number of carbonyl (C=O) groups is 2. The van der Waals surface area contributed by atoms with Crippen LogP contribution in [0, 0.1) is 0 Å². The van der Waals surface area contributed by atoms with E-state index in [4.69, 9.17) is 27.9 Å². The Balaban J connectivity index is 1.59. The molecule has 2 amide bonds. The SMILES string of the molecule is COC(=O)C1CN(C(=O)NCc2ccc(Cl)cc2)Cc2[nH]c3ccc(Cl)cc3c21. The summed E-state index contributed by atoms with van der Waals surface area (Å²) in [6, 6.07) is 12.5. The highest BCUT2D eigenvalue weighted by Gasteiger charge is 2.36. The van der Waals surface area contributed by atoms with Crippen LogP contribution < -0.4 is 5.32 Å². The van der Waals surface area contributed by atoms with Crippen LogP contribution in [0.15, 0.2) is 42.5 Å². The van der Waals surface area contributed by atoms with Gasteiger partial charge in [-0.25, -0.2) is 4.79 Å². The highest BCUT2D eigenvalue weighted by molar-refractivity contribution is 6.31. The molecule has 0 spiro atoms. The fourth-order valence-corrected chi connectivity index (χ4v) is 4.01. The third-order valence-corrected chi connectivity index (χ3v) is 5.60. The summed E-state index contributed by atoms with van der Waals surface area (Å²) in [5.74, 6) is -0.973. The van der Waals surface area contributed by atoms with Gasteiger partial charge in [-0.05, 0) is 41.5 Å². The van der Waals surface area contributed by atoms with E-state index in [2.05, 4.69) is 10.3 Å². The summed E-state index contributed by atoms with van der Waals surface area (Å²) < 4.78 is 5.01. The molecule has 3 aromatic rings. The number of ether oxygens (including phenoxy) is 1. The van der Waals surface area contributed by atoms with Crippen LogP contribution in [0.3, 0.4) is 0 Å². The van der Waals surface area contributed by atoms with Crippen molar-refractivity contribution in [1.29, 1.82) is 0 Å². The average Bonchev–Trinajstić information content (AvgIpc) is 3.09. The minimum Gasteiger partial charge on any atom is -0.468 e. The molecular formula is C21H19Cl2N3O3. The molecular weight excluding hydrogens is 413 g/mol. The smallest absolute Gasteiger partial charge is 0.318 e. The molecule has 1 aliphatic heterocycles. The number of nitrogens with zero attached hydrogens (tertiary/aromatic N) is 1. The molecule has 1 aromatic heterocycles. The van der Waals surface area contributed by atoms with Crippen LogP contribution >= 0.6 is 23.2 Å². The molecule has 2 heterocycles. The van der Waals surface area contributed by atoms with Gasteiger partial charge in [0, 0.05) is 39.7 Å². The quantitative estimate of drug-likeness (QED) is 0.601. The summed E-state index contributed by atoms with van der Waals surface area (Å²) in [4.78, 5) is 30.2. The highest BCUT2D eigenvalue weighted by Crippen LogP contribution is 2.36. The molecule has 8 heteroatoms. The predicted molar refractivity (Wildman–Crippen MR) is 112 cm³/mol. The van der Waals surface area contributed by atoms with Crippen LogP contribution in [-0.2, 0) is 22.6 Å². The second kappa shape index (κ2) is 7.97. The maximum absolute atomic E-state index is 12.8. The van der Waals surface area contributed by atoms with Crippen molar-refractivity contribution in [3.63, 3.8) is 0 Å². The molecule has 1 aliphatic rings. The molecule has 0 saturated carbocycles. The molecule has 2 N–H and O–H groups in total. The van der Waals surface area contributed by atoms with Crippen LogP contribution in [-0.4, -0.2) is 35.5 Å². The van der Waals surface area contributed by atoms with Crippen molar-refractivity contribution < 1.29 is 14.3 Å². The third kappa shape index (κ3) is 3.91. The Morgan fingerprint density at radius 1 is 1.17 bits per heavy atom. The van der Waals surface area contributed by atoms with Gasteiger partial charge in [-0.1, -0.05) is 35.3 Å². The van der Waals surface area contributed by atoms with Gasteiger partial charge in [0.15, 0.2) is 0 Å². The van der Waals surface area contributed by atoms with Crippen molar-refractivity contribution in [2.45, 2.75) is 19.0 Å². The number of urea groups is 1. The van der Waals surface area contributed by atoms with Crippen molar-refractivity contribution in [1.82, 2.24) is 15.2 Å². The van der Waals surface area contributed by atoms with Crippen LogP contribution in [0.2, 0.25) is 10.0 Å². The number of hydrogen-bond acceptors (Lipinski definition) is 3. The zero-order valence-corrected chi connectivity index (χ0v) is 17.2. The standard InChI is InChI=1S/C21H19Cl2N3O3/c1-29-20(27)16-10-26(21(28)24-9-12-2-4-13(22)5-3-12)11-18-19(16)15-8-14(23)6-7-17(15)25-18/h2-8,16,25H,9-11H2,1H3,(H,24,28). The van der Waals surface area contributed by atoms with Crippen molar-refractivity contribution in [2.24, 2.45) is 0 Å². The third-order valence-electron chi connectivity index (χ3n) is 5.11. The second-order valence-corrected chi connectivity index (χ2v) is 7.82. The first kappa shape index (κ1) is 19.6. The van der Waals surface area contributed by atoms with Gasteiger partial charge in [0.25, 0.3) is 0 Å². The molecule has 29 heavy (non-hydrogen) atoms. The molecule has 1 unspecified atom stereocenters. The van der Waals surface area contributed by atoms with Gasteiger partial charge >= 0.3 is 12.0 Å². The van der Waals surface area contributed by atoms with E-state index >= 15 is 0 Å². The van der Waals surface area contributed by atoms with Gasteiger partial charge in [0.05, 0.1) is 13.7 Å². The summed E-state index contributed by atoms with van der Waals surface area (Å²) in [5, 5.41) is 5.01. The van der Waals surface area contributed by atoms with Gasteiger partial charge in [-0.2, -0.15) is 0 Å². The van der Waals surface area contributed by atoms with Crippen molar-refractivity contribution in [3.05, 3.63) is 69.3 Å². The molecule has 0 fully saturated rings. The molecule has 0 saturated heterocycles. The summed E-state index contributed by atoms with van der Waals surface area (Å²) in [7, 11) is 1.35. The van der Waals surface area contributed by atoms with E-state index in [0.717, 1.165) is 27.7 Å². The highest BCUT2D eigenvalue weighted by atomic mass is 35.5. The normalized spacial score (nSPS) is 15.8. The first-order valence-electron chi connectivity index (χ1n) is 9.11. The second-order valence-electron chi connectivity index (χ2n) is 6.95. The van der Waals surface area contributed by atoms with Crippen LogP contribution in [0.1, 0.15) is 22.7 Å². The number of benzene rings is 2. The molecule has 0 radical (unpaired) electrons. The number of carbonyl (C=O) groups excluding carboxylic acids is 2. The largest absolute Gasteiger partial charge is 0.468 e. The van der Waals surface area contributed by atoms with Crippen molar-refractivity contribution in [2.75, 3.05) is 13.7 Å². The molecule has 1 atom stereocenters. The number of amides is 2. The van der Waals surface area contributed by atoms with Crippen molar-refractivity contribution >= 4 is 46.1 Å². The first-order valence-corrected chi connectivity index (χ1v) is 9.87. The Kier molecular flexibility index (Phi) is 5.39. The number of rotatable bonds is 3. The topological polar surface area (TPSA) is 74.4 Å². The zero-order valence-electron chi connectivity index (χ0n) is 15.7.